The van der Waals surface area contributed by atoms with Gasteiger partial charge >= 0.3 is 5.97 Å². The van der Waals surface area contributed by atoms with Crippen LogP contribution in [0.3, 0.4) is 0 Å². The van der Waals surface area contributed by atoms with Gasteiger partial charge in [0.15, 0.2) is 24.3 Å². The van der Waals surface area contributed by atoms with Gasteiger partial charge in [0.2, 0.25) is 0 Å². The number of rotatable bonds is 9. The van der Waals surface area contributed by atoms with Gasteiger partial charge in [-0.3, -0.25) is 14.4 Å². The van der Waals surface area contributed by atoms with Crippen LogP contribution in [0.25, 0.3) is 0 Å². The summed E-state index contributed by atoms with van der Waals surface area (Å²) in [6.45, 7) is 4.31. The topological polar surface area (TPSA) is 98.8 Å². The van der Waals surface area contributed by atoms with E-state index in [4.69, 9.17) is 9.47 Å². The second-order valence-corrected chi connectivity index (χ2v) is 6.34. The van der Waals surface area contributed by atoms with E-state index in [2.05, 4.69) is 5.32 Å². The van der Waals surface area contributed by atoms with Crippen molar-refractivity contribution in [3.05, 3.63) is 59.7 Å². The van der Waals surface area contributed by atoms with Crippen LogP contribution < -0.4 is 10.1 Å². The summed E-state index contributed by atoms with van der Waals surface area (Å²) in [5.41, 5.74) is 1.59. The smallest absolute Gasteiger partial charge is 0.344 e. The molecule has 0 heterocycles. The first kappa shape index (κ1) is 21.8. The second kappa shape index (κ2) is 10.2. The minimum atomic E-state index is -1.02. The van der Waals surface area contributed by atoms with E-state index in [1.54, 1.807) is 55.5 Å². The lowest BCUT2D eigenvalue weighted by molar-refractivity contribution is -0.155. The number of anilines is 1. The number of hydrogen-bond acceptors (Lipinski definition) is 6. The minimum absolute atomic E-state index is 0.0201. The van der Waals surface area contributed by atoms with Gasteiger partial charge in [0.05, 0.1) is 0 Å². The maximum atomic E-state index is 12.1. The molecule has 0 unspecified atom stereocenters. The molecule has 0 spiro atoms. The molecule has 2 rings (SSSR count). The summed E-state index contributed by atoms with van der Waals surface area (Å²) in [4.78, 5) is 46.9. The van der Waals surface area contributed by atoms with E-state index in [1.165, 1.54) is 13.8 Å². The molecule has 2 aromatic rings. The van der Waals surface area contributed by atoms with Crippen molar-refractivity contribution in [2.24, 2.45) is 0 Å². The second-order valence-electron chi connectivity index (χ2n) is 6.34. The van der Waals surface area contributed by atoms with Crippen molar-refractivity contribution in [2.75, 3.05) is 11.9 Å². The van der Waals surface area contributed by atoms with Crippen molar-refractivity contribution in [3.8, 4) is 5.75 Å². The first-order chi connectivity index (χ1) is 13.8. The van der Waals surface area contributed by atoms with Gasteiger partial charge in [0.1, 0.15) is 5.75 Å². The Hall–Kier alpha value is -3.48. The van der Waals surface area contributed by atoms with Gasteiger partial charge in [-0.1, -0.05) is 6.92 Å². The van der Waals surface area contributed by atoms with E-state index in [1.807, 2.05) is 0 Å². The van der Waals surface area contributed by atoms with Crippen LogP contribution in [0.4, 0.5) is 5.69 Å². The molecule has 2 aromatic carbocycles. The summed E-state index contributed by atoms with van der Waals surface area (Å²) in [5, 5.41) is 2.61. The highest BCUT2D eigenvalue weighted by Gasteiger charge is 2.18. The molecule has 0 saturated carbocycles. The number of nitrogens with one attached hydrogen (secondary N) is 1. The number of hydrogen-bond donors (Lipinski definition) is 1. The van der Waals surface area contributed by atoms with Gasteiger partial charge in [0.25, 0.3) is 5.91 Å². The largest absolute Gasteiger partial charge is 0.482 e. The summed E-state index contributed by atoms with van der Waals surface area (Å²) in [6, 6.07) is 12.8. The molecular weight excluding hydrogens is 374 g/mol. The molecule has 0 aliphatic heterocycles. The van der Waals surface area contributed by atoms with Gasteiger partial charge in [-0.05, 0) is 62.4 Å². The van der Waals surface area contributed by atoms with E-state index >= 15 is 0 Å². The molecular formula is C22H23NO6. The number of carbonyl (C=O) groups excluding carboxylic acids is 4. The van der Waals surface area contributed by atoms with Gasteiger partial charge in [-0.15, -0.1) is 0 Å². The zero-order valence-electron chi connectivity index (χ0n) is 16.6. The Morgan fingerprint density at radius 1 is 0.931 bits per heavy atom. The van der Waals surface area contributed by atoms with Crippen LogP contribution in [0.1, 0.15) is 47.9 Å². The molecule has 0 aliphatic rings. The zero-order valence-corrected chi connectivity index (χ0v) is 16.6. The molecule has 0 saturated heterocycles. The Balaban J connectivity index is 1.81. The number of amides is 1. The van der Waals surface area contributed by atoms with Gasteiger partial charge in [-0.25, -0.2) is 4.79 Å². The van der Waals surface area contributed by atoms with Gasteiger partial charge < -0.3 is 14.8 Å². The maximum Gasteiger partial charge on any atom is 0.344 e. The predicted octanol–water partition coefficient (Wildman–Crippen LogP) is 3.43. The van der Waals surface area contributed by atoms with Crippen LogP contribution in [0.15, 0.2) is 48.5 Å². The number of esters is 1. The van der Waals surface area contributed by atoms with Crippen LogP contribution in [0, 0.1) is 0 Å². The molecule has 1 atom stereocenters. The van der Waals surface area contributed by atoms with Crippen molar-refractivity contribution < 1.29 is 28.7 Å². The van der Waals surface area contributed by atoms with E-state index in [0.717, 1.165) is 0 Å². The fraction of sp³-hybridized carbons (Fsp3) is 0.273. The van der Waals surface area contributed by atoms with Crippen LogP contribution in [0.2, 0.25) is 0 Å². The van der Waals surface area contributed by atoms with E-state index in [9.17, 15) is 19.2 Å². The highest BCUT2D eigenvalue weighted by molar-refractivity contribution is 5.97. The van der Waals surface area contributed by atoms with E-state index in [0.29, 0.717) is 29.0 Å². The summed E-state index contributed by atoms with van der Waals surface area (Å²) >= 11 is 0. The first-order valence-corrected chi connectivity index (χ1v) is 9.17. The lowest BCUT2D eigenvalue weighted by Gasteiger charge is -2.14. The molecule has 0 fully saturated rings. The third-order valence-electron chi connectivity index (χ3n) is 4.09. The Morgan fingerprint density at radius 2 is 1.52 bits per heavy atom. The quantitative estimate of drug-likeness (QED) is 0.514. The van der Waals surface area contributed by atoms with Crippen molar-refractivity contribution in [1.29, 1.82) is 0 Å². The molecule has 0 bridgehead atoms. The highest BCUT2D eigenvalue weighted by atomic mass is 16.6. The third kappa shape index (κ3) is 6.57. The average molecular weight is 397 g/mol. The number of benzene rings is 2. The van der Waals surface area contributed by atoms with Crippen molar-refractivity contribution >= 4 is 29.1 Å². The molecule has 1 amide bonds. The summed E-state index contributed by atoms with van der Waals surface area (Å²) in [5.74, 6) is -0.842. The number of Topliss-reactive ketones (excluding diaryl/α,β-unsaturated/α-hetero) is 2. The molecule has 1 N–H and O–H groups in total. The van der Waals surface area contributed by atoms with Crippen LogP contribution in [-0.2, 0) is 14.3 Å². The van der Waals surface area contributed by atoms with Crippen LogP contribution in [-0.4, -0.2) is 36.2 Å². The highest BCUT2D eigenvalue weighted by Crippen LogP contribution is 2.14. The normalized spacial score (nSPS) is 11.3. The molecule has 29 heavy (non-hydrogen) atoms. The van der Waals surface area contributed by atoms with Crippen molar-refractivity contribution in [1.82, 2.24) is 0 Å². The zero-order chi connectivity index (χ0) is 21.4. The molecule has 152 valence electrons. The summed E-state index contributed by atoms with van der Waals surface area (Å²) in [6.07, 6.45) is -0.615. The van der Waals surface area contributed by atoms with Crippen molar-refractivity contribution in [3.63, 3.8) is 0 Å². The number of ketones is 2. The molecule has 7 nitrogen and oxygen atoms in total. The Bertz CT molecular complexity index is 887. The molecule has 7 heteroatoms. The lowest BCUT2D eigenvalue weighted by atomic mass is 10.1. The lowest BCUT2D eigenvalue weighted by Crippen LogP contribution is -2.31. The third-order valence-corrected chi connectivity index (χ3v) is 4.09. The first-order valence-electron chi connectivity index (χ1n) is 9.17. The molecule has 0 radical (unpaired) electrons. The van der Waals surface area contributed by atoms with Crippen molar-refractivity contribution in [2.45, 2.75) is 33.3 Å². The van der Waals surface area contributed by atoms with Crippen LogP contribution in [0.5, 0.6) is 5.75 Å². The predicted molar refractivity (Wildman–Crippen MR) is 107 cm³/mol. The fourth-order valence-electron chi connectivity index (χ4n) is 2.40. The Morgan fingerprint density at radius 3 is 2.07 bits per heavy atom. The monoisotopic (exact) mass is 397 g/mol. The molecule has 0 aliphatic carbocycles. The Labute approximate surface area is 169 Å². The molecule has 0 aromatic heterocycles. The maximum absolute atomic E-state index is 12.1. The number of carbonyl (C=O) groups is 4. The summed E-state index contributed by atoms with van der Waals surface area (Å²) < 4.78 is 10.4. The fourth-order valence-corrected chi connectivity index (χ4v) is 2.40. The standard InChI is InChI=1S/C22H23NO6/c1-4-20(25)17-7-11-19(12-8-17)28-13-21(26)29-15(3)22(27)23-18-9-5-16(6-10-18)14(2)24/h5-12,15H,4,13H2,1-3H3,(H,23,27)/t15-/m1/s1. The average Bonchev–Trinajstić information content (AvgIpc) is 2.72. The van der Waals surface area contributed by atoms with E-state index in [-0.39, 0.29) is 18.2 Å². The summed E-state index contributed by atoms with van der Waals surface area (Å²) in [7, 11) is 0. The van der Waals surface area contributed by atoms with Crippen LogP contribution >= 0.6 is 0 Å². The number of ether oxygens (including phenoxy) is 2. The van der Waals surface area contributed by atoms with Gasteiger partial charge in [-0.2, -0.15) is 0 Å². The van der Waals surface area contributed by atoms with E-state index < -0.39 is 18.0 Å². The SMILES string of the molecule is CCC(=O)c1ccc(OCC(=O)O[C@H](C)C(=O)Nc2ccc(C(C)=O)cc2)cc1. The minimum Gasteiger partial charge on any atom is -0.482 e. The van der Waals surface area contributed by atoms with Gasteiger partial charge in [0, 0.05) is 23.2 Å². The Kier molecular flexibility index (Phi) is 7.65.